The molecule has 2 rings (SSSR count). The van der Waals surface area contributed by atoms with Crippen LogP contribution in [0.25, 0.3) is 0 Å². The van der Waals surface area contributed by atoms with Crippen molar-refractivity contribution in [2.45, 2.75) is 40.7 Å². The molecule has 0 aliphatic carbocycles. The Morgan fingerprint density at radius 3 is 2.58 bits per heavy atom. The number of phenols is 1. The van der Waals surface area contributed by atoms with E-state index in [4.69, 9.17) is 4.74 Å². The lowest BCUT2D eigenvalue weighted by atomic mass is 9.86. The Labute approximate surface area is 151 Å². The zero-order chi connectivity index (χ0) is 17.9. The highest BCUT2D eigenvalue weighted by Crippen LogP contribution is 2.32. The molecule has 0 saturated heterocycles. The van der Waals surface area contributed by atoms with Crippen LogP contribution in [0.3, 0.4) is 0 Å². The molecule has 0 bridgehead atoms. The first-order valence-electron chi connectivity index (χ1n) is 7.77. The molecule has 0 saturated carbocycles. The third-order valence-corrected chi connectivity index (χ3v) is 4.24. The molecule has 0 radical (unpaired) electrons. The van der Waals surface area contributed by atoms with E-state index in [9.17, 15) is 9.90 Å². The Bertz CT molecular complexity index is 751. The monoisotopic (exact) mass is 391 g/mol. The lowest BCUT2D eigenvalue weighted by molar-refractivity contribution is -0.125. The second kappa shape index (κ2) is 7.34. The van der Waals surface area contributed by atoms with Gasteiger partial charge in [-0.2, -0.15) is 0 Å². The van der Waals surface area contributed by atoms with Crippen LogP contribution in [0.5, 0.6) is 11.5 Å². The Morgan fingerprint density at radius 2 is 1.96 bits per heavy atom. The van der Waals surface area contributed by atoms with Gasteiger partial charge in [-0.3, -0.25) is 4.79 Å². The average molecular weight is 392 g/mol. The number of Topliss-reactive ketones (excluding diaryl/α,β-unsaturated/α-hetero) is 1. The Kier molecular flexibility index (Phi) is 5.65. The quantitative estimate of drug-likeness (QED) is 0.756. The molecule has 2 aromatic rings. The normalized spacial score (nSPS) is 11.4. The first-order valence-corrected chi connectivity index (χ1v) is 8.57. The summed E-state index contributed by atoms with van der Waals surface area (Å²) in [5.74, 6) is 0.790. The molecule has 1 aromatic carbocycles. The van der Waals surface area contributed by atoms with Crippen LogP contribution in [0, 0.1) is 12.3 Å². The van der Waals surface area contributed by atoms with Gasteiger partial charge in [0.25, 0.3) is 0 Å². The summed E-state index contributed by atoms with van der Waals surface area (Å²) in [4.78, 5) is 16.5. The van der Waals surface area contributed by atoms with Gasteiger partial charge in [-0.1, -0.05) is 32.9 Å². The van der Waals surface area contributed by atoms with E-state index in [1.54, 1.807) is 19.1 Å². The summed E-state index contributed by atoms with van der Waals surface area (Å²) in [7, 11) is 0. The number of ether oxygens (including phenoxy) is 1. The van der Waals surface area contributed by atoms with Gasteiger partial charge in [-0.25, -0.2) is 4.98 Å². The first kappa shape index (κ1) is 18.5. The molecule has 1 heterocycles. The summed E-state index contributed by atoms with van der Waals surface area (Å²) in [5.41, 5.74) is 1.61. The highest BCUT2D eigenvalue weighted by atomic mass is 79.9. The van der Waals surface area contributed by atoms with E-state index < -0.39 is 5.41 Å². The number of aromatic nitrogens is 1. The second-order valence-corrected chi connectivity index (χ2v) is 7.60. The van der Waals surface area contributed by atoms with Gasteiger partial charge < -0.3 is 9.84 Å². The summed E-state index contributed by atoms with van der Waals surface area (Å²) >= 11 is 3.32. The largest absolute Gasteiger partial charge is 0.507 e. The molecule has 0 spiro atoms. The predicted molar refractivity (Wildman–Crippen MR) is 97.3 cm³/mol. The minimum Gasteiger partial charge on any atom is -0.507 e. The van der Waals surface area contributed by atoms with E-state index in [-0.39, 0.29) is 18.0 Å². The molecule has 0 aliphatic heterocycles. The Morgan fingerprint density at radius 1 is 1.25 bits per heavy atom. The molecule has 1 N–H and O–H groups in total. The maximum Gasteiger partial charge on any atom is 0.142 e. The van der Waals surface area contributed by atoms with Crippen LogP contribution in [0.2, 0.25) is 0 Å². The lowest BCUT2D eigenvalue weighted by Gasteiger charge is -2.18. The average Bonchev–Trinajstić information content (AvgIpc) is 2.50. The van der Waals surface area contributed by atoms with Crippen molar-refractivity contribution >= 4 is 21.7 Å². The van der Waals surface area contributed by atoms with Crippen molar-refractivity contribution < 1.29 is 14.6 Å². The predicted octanol–water partition coefficient (Wildman–Crippen LogP) is 4.59. The number of aromatic hydroxyl groups is 1. The first-order chi connectivity index (χ1) is 11.2. The van der Waals surface area contributed by atoms with Gasteiger partial charge >= 0.3 is 0 Å². The standard InChI is InChI=1S/C19H22BrNO3/c1-12-15(24-11-14-6-5-7-17(20)21-14)9-8-13(18(12)23)10-16(22)19(2,3)4/h5-9,23H,10-11H2,1-4H3. The SMILES string of the molecule is Cc1c(OCc2cccc(Br)n2)ccc(CC(=O)C(C)(C)C)c1O. The van der Waals surface area contributed by atoms with E-state index in [2.05, 4.69) is 20.9 Å². The Hall–Kier alpha value is -1.88. The summed E-state index contributed by atoms with van der Waals surface area (Å²) in [6.45, 7) is 7.72. The molecule has 0 atom stereocenters. The van der Waals surface area contributed by atoms with Crippen molar-refractivity contribution in [3.63, 3.8) is 0 Å². The number of benzene rings is 1. The smallest absolute Gasteiger partial charge is 0.142 e. The minimum atomic E-state index is -0.429. The van der Waals surface area contributed by atoms with Crippen LogP contribution in [-0.2, 0) is 17.8 Å². The molecule has 0 unspecified atom stereocenters. The van der Waals surface area contributed by atoms with E-state index >= 15 is 0 Å². The van der Waals surface area contributed by atoms with Crippen molar-refractivity contribution in [1.82, 2.24) is 4.98 Å². The number of carbonyl (C=O) groups is 1. The van der Waals surface area contributed by atoms with Crippen LogP contribution >= 0.6 is 15.9 Å². The number of ketones is 1. The molecule has 5 heteroatoms. The van der Waals surface area contributed by atoms with E-state index in [0.29, 0.717) is 23.5 Å². The maximum absolute atomic E-state index is 12.2. The minimum absolute atomic E-state index is 0.0872. The number of pyridine rings is 1. The highest BCUT2D eigenvalue weighted by Gasteiger charge is 2.23. The summed E-state index contributed by atoms with van der Waals surface area (Å²) < 4.78 is 6.51. The summed E-state index contributed by atoms with van der Waals surface area (Å²) in [6.07, 6.45) is 0.212. The number of hydrogen-bond acceptors (Lipinski definition) is 4. The van der Waals surface area contributed by atoms with Gasteiger partial charge in [-0.15, -0.1) is 0 Å². The van der Waals surface area contributed by atoms with Crippen LogP contribution < -0.4 is 4.74 Å². The van der Waals surface area contributed by atoms with Gasteiger partial charge in [0.15, 0.2) is 0 Å². The third-order valence-electron chi connectivity index (χ3n) is 3.80. The number of hydrogen-bond donors (Lipinski definition) is 1. The van der Waals surface area contributed by atoms with Crippen LogP contribution in [0.1, 0.15) is 37.6 Å². The Balaban J connectivity index is 2.13. The zero-order valence-corrected chi connectivity index (χ0v) is 16.0. The fraction of sp³-hybridized carbons (Fsp3) is 0.368. The topological polar surface area (TPSA) is 59.4 Å². The molecule has 4 nitrogen and oxygen atoms in total. The molecule has 24 heavy (non-hydrogen) atoms. The van der Waals surface area contributed by atoms with Gasteiger partial charge in [-0.05, 0) is 41.1 Å². The lowest BCUT2D eigenvalue weighted by Crippen LogP contribution is -2.22. The van der Waals surface area contributed by atoms with Crippen molar-refractivity contribution in [2.75, 3.05) is 0 Å². The molecular formula is C19H22BrNO3. The van der Waals surface area contributed by atoms with Crippen LogP contribution in [-0.4, -0.2) is 15.9 Å². The number of phenolic OH excluding ortho intramolecular Hbond substituents is 1. The number of halogens is 1. The van der Waals surface area contributed by atoms with Crippen LogP contribution in [0.15, 0.2) is 34.9 Å². The highest BCUT2D eigenvalue weighted by molar-refractivity contribution is 9.10. The van der Waals surface area contributed by atoms with Crippen molar-refractivity contribution in [2.24, 2.45) is 5.41 Å². The molecule has 128 valence electrons. The number of rotatable bonds is 5. The molecule has 0 amide bonds. The molecule has 1 aromatic heterocycles. The number of nitrogens with zero attached hydrogens (tertiary/aromatic N) is 1. The van der Waals surface area contributed by atoms with E-state index in [1.165, 1.54) is 0 Å². The van der Waals surface area contributed by atoms with Gasteiger partial charge in [0.05, 0.1) is 5.69 Å². The van der Waals surface area contributed by atoms with Gasteiger partial charge in [0.2, 0.25) is 0 Å². The molecular weight excluding hydrogens is 370 g/mol. The summed E-state index contributed by atoms with van der Waals surface area (Å²) in [5, 5.41) is 10.4. The van der Waals surface area contributed by atoms with Gasteiger partial charge in [0, 0.05) is 23.0 Å². The van der Waals surface area contributed by atoms with Crippen LogP contribution in [0.4, 0.5) is 0 Å². The molecule has 0 fully saturated rings. The van der Waals surface area contributed by atoms with Crippen molar-refractivity contribution in [3.05, 3.63) is 51.8 Å². The van der Waals surface area contributed by atoms with E-state index in [0.717, 1.165) is 10.3 Å². The maximum atomic E-state index is 12.2. The fourth-order valence-corrected chi connectivity index (χ4v) is 2.54. The second-order valence-electron chi connectivity index (χ2n) is 6.79. The third kappa shape index (κ3) is 4.57. The fourth-order valence-electron chi connectivity index (χ4n) is 2.16. The number of carbonyl (C=O) groups excluding carboxylic acids is 1. The summed E-state index contributed by atoms with van der Waals surface area (Å²) in [6, 6.07) is 9.15. The zero-order valence-electron chi connectivity index (χ0n) is 14.4. The van der Waals surface area contributed by atoms with E-state index in [1.807, 2.05) is 39.0 Å². The van der Waals surface area contributed by atoms with Crippen molar-refractivity contribution in [3.8, 4) is 11.5 Å². The molecule has 0 aliphatic rings. The van der Waals surface area contributed by atoms with Gasteiger partial charge in [0.1, 0.15) is 28.5 Å². The van der Waals surface area contributed by atoms with Crippen molar-refractivity contribution in [1.29, 1.82) is 0 Å².